The minimum atomic E-state index is -5.08. The second-order valence-corrected chi connectivity index (χ2v) is 12.7. The van der Waals surface area contributed by atoms with Gasteiger partial charge >= 0.3 is 12.1 Å². The Kier molecular flexibility index (Phi) is 9.91. The topological polar surface area (TPSA) is 112 Å². The van der Waals surface area contributed by atoms with Crippen LogP contribution in [0.5, 0.6) is 0 Å². The maximum absolute atomic E-state index is 13.8. The van der Waals surface area contributed by atoms with Crippen LogP contribution in [-0.4, -0.2) is 91.8 Å². The lowest BCUT2D eigenvalue weighted by atomic mass is 10.0. The van der Waals surface area contributed by atoms with Crippen LogP contribution in [0.4, 0.5) is 18.3 Å². The van der Waals surface area contributed by atoms with E-state index in [9.17, 15) is 21.6 Å². The number of carboxylic acids is 1. The average molecular weight is 601 g/mol. The number of thiazole rings is 1. The van der Waals surface area contributed by atoms with Crippen LogP contribution in [0.15, 0.2) is 17.0 Å². The SMILES string of the molecule is CCC(CNc1nc2c(S(=O)(=O)N3[C@@H]4CC[C@H]3CC(OC)C4)c(Cl)ccc2s1)N(C)C.O=C(O)C(F)(F)F. The molecule has 0 radical (unpaired) electrons. The summed E-state index contributed by atoms with van der Waals surface area (Å²) in [6.45, 7) is 2.89. The quantitative estimate of drug-likeness (QED) is 0.450. The van der Waals surface area contributed by atoms with Gasteiger partial charge in [-0.25, -0.2) is 18.2 Å². The lowest BCUT2D eigenvalue weighted by Crippen LogP contribution is -2.48. The largest absolute Gasteiger partial charge is 0.490 e. The van der Waals surface area contributed by atoms with Gasteiger partial charge in [0.25, 0.3) is 0 Å². The van der Waals surface area contributed by atoms with E-state index in [4.69, 9.17) is 26.2 Å². The third-order valence-corrected chi connectivity index (χ3v) is 10.4. The first kappa shape index (κ1) is 30.8. The Morgan fingerprint density at radius 2 is 1.89 bits per heavy atom. The number of nitrogens with one attached hydrogen (secondary N) is 1. The second-order valence-electron chi connectivity index (χ2n) is 9.50. The molecule has 214 valence electrons. The molecule has 4 rings (SSSR count). The summed E-state index contributed by atoms with van der Waals surface area (Å²) in [4.78, 5) is 15.9. The molecule has 3 heterocycles. The molecule has 2 N–H and O–H groups in total. The highest BCUT2D eigenvalue weighted by Crippen LogP contribution is 2.44. The maximum atomic E-state index is 13.8. The third-order valence-electron chi connectivity index (χ3n) is 6.89. The zero-order valence-electron chi connectivity index (χ0n) is 21.5. The van der Waals surface area contributed by atoms with Crippen LogP contribution in [0.1, 0.15) is 39.0 Å². The summed E-state index contributed by atoms with van der Waals surface area (Å²) >= 11 is 7.95. The van der Waals surface area contributed by atoms with Gasteiger partial charge in [-0.05, 0) is 58.3 Å². The van der Waals surface area contributed by atoms with Crippen LogP contribution in [0.3, 0.4) is 0 Å². The molecule has 2 unspecified atom stereocenters. The molecule has 2 aliphatic rings. The molecule has 15 heteroatoms. The van der Waals surface area contributed by atoms with E-state index in [0.717, 1.165) is 48.5 Å². The number of aromatic nitrogens is 1. The number of anilines is 1. The van der Waals surface area contributed by atoms with Crippen molar-refractivity contribution in [3.8, 4) is 0 Å². The van der Waals surface area contributed by atoms with Gasteiger partial charge in [-0.3, -0.25) is 0 Å². The molecule has 1 aromatic carbocycles. The molecule has 0 aliphatic carbocycles. The van der Waals surface area contributed by atoms with E-state index in [-0.39, 0.29) is 28.1 Å². The predicted octanol–water partition coefficient (Wildman–Crippen LogP) is 4.67. The number of sulfonamides is 1. The Bertz CT molecular complexity index is 1230. The molecule has 0 saturated carbocycles. The maximum Gasteiger partial charge on any atom is 0.490 e. The molecule has 0 spiro atoms. The van der Waals surface area contributed by atoms with Crippen LogP contribution in [0, 0.1) is 0 Å². The lowest BCUT2D eigenvalue weighted by Gasteiger charge is -2.37. The van der Waals surface area contributed by atoms with Crippen molar-refractivity contribution in [3.05, 3.63) is 17.2 Å². The molecule has 2 fully saturated rings. The van der Waals surface area contributed by atoms with Gasteiger partial charge in [0.2, 0.25) is 10.0 Å². The highest BCUT2D eigenvalue weighted by atomic mass is 35.5. The van der Waals surface area contributed by atoms with E-state index < -0.39 is 22.2 Å². The van der Waals surface area contributed by atoms with Crippen molar-refractivity contribution in [2.45, 2.75) is 74.3 Å². The Balaban J connectivity index is 0.000000505. The number of methoxy groups -OCH3 is 1. The zero-order chi connectivity index (χ0) is 28.4. The number of hydrogen-bond acceptors (Lipinski definition) is 8. The van der Waals surface area contributed by atoms with Crippen LogP contribution in [-0.2, 0) is 19.6 Å². The summed E-state index contributed by atoms with van der Waals surface area (Å²) in [6.07, 6.45) is -0.766. The van der Waals surface area contributed by atoms with Gasteiger partial charge in [0.05, 0.1) is 15.8 Å². The lowest BCUT2D eigenvalue weighted by molar-refractivity contribution is -0.192. The summed E-state index contributed by atoms with van der Waals surface area (Å²) < 4.78 is 67.4. The Morgan fingerprint density at radius 3 is 2.37 bits per heavy atom. The number of fused-ring (bicyclic) bond motifs is 3. The van der Waals surface area contributed by atoms with Crippen LogP contribution >= 0.6 is 22.9 Å². The molecular weight excluding hydrogens is 569 g/mol. The fraction of sp³-hybridized carbons (Fsp3) is 0.652. The van der Waals surface area contributed by atoms with Crippen LogP contribution in [0.2, 0.25) is 5.02 Å². The van der Waals surface area contributed by atoms with E-state index in [0.29, 0.717) is 11.6 Å². The normalized spacial score (nSPS) is 22.8. The Hall–Kier alpha value is -1.71. The standard InChI is InChI=1S/C21H31ClN4O3S2.C2HF3O2/c1-5-13(25(2)3)12-23-21-24-19-18(30-21)9-8-17(22)20(19)31(27,28)26-14-6-7-15(26)11-16(10-14)29-4;3-2(4,5)1(6)7/h8-9,13-16H,5-7,10-12H2,1-4H3,(H,23,24);(H,6,7)/t13?,14-,15+,16?;. The molecule has 2 saturated heterocycles. The first-order chi connectivity index (χ1) is 17.7. The summed E-state index contributed by atoms with van der Waals surface area (Å²) in [5.74, 6) is -2.76. The molecule has 0 amide bonds. The Labute approximate surface area is 229 Å². The summed E-state index contributed by atoms with van der Waals surface area (Å²) in [6, 6.07) is 3.82. The number of aliphatic carboxylic acids is 1. The van der Waals surface area contributed by atoms with Gasteiger partial charge in [0.1, 0.15) is 10.4 Å². The Morgan fingerprint density at radius 1 is 1.32 bits per heavy atom. The van der Waals surface area contributed by atoms with Crippen LogP contribution in [0.25, 0.3) is 10.2 Å². The van der Waals surface area contributed by atoms with Gasteiger partial charge in [-0.1, -0.05) is 29.9 Å². The van der Waals surface area contributed by atoms with Gasteiger partial charge in [-0.15, -0.1) is 0 Å². The number of rotatable bonds is 8. The van der Waals surface area contributed by atoms with Gasteiger partial charge in [0, 0.05) is 31.8 Å². The number of alkyl halides is 3. The number of hydrogen-bond donors (Lipinski definition) is 2. The molecule has 4 atom stereocenters. The number of ether oxygens (including phenoxy) is 1. The van der Waals surface area contributed by atoms with Gasteiger partial charge in [0.15, 0.2) is 5.13 Å². The number of carbonyl (C=O) groups is 1. The van der Waals surface area contributed by atoms with E-state index in [1.807, 2.05) is 6.07 Å². The number of likely N-dealkylation sites (N-methyl/N-ethyl adjacent to an activating group) is 1. The minimum absolute atomic E-state index is 0.0401. The smallest absolute Gasteiger partial charge is 0.475 e. The molecule has 2 aromatic rings. The van der Waals surface area contributed by atoms with Crippen LogP contribution < -0.4 is 5.32 Å². The number of carboxylic acid groups (broad SMARTS) is 1. The predicted molar refractivity (Wildman–Crippen MR) is 140 cm³/mol. The van der Waals surface area contributed by atoms with Gasteiger partial charge in [-0.2, -0.15) is 17.5 Å². The molecule has 1 aromatic heterocycles. The van der Waals surface area contributed by atoms with E-state index >= 15 is 0 Å². The van der Waals surface area contributed by atoms with E-state index in [2.05, 4.69) is 36.2 Å². The fourth-order valence-corrected chi connectivity index (χ4v) is 8.42. The van der Waals surface area contributed by atoms with Crippen molar-refractivity contribution in [2.75, 3.05) is 33.1 Å². The van der Waals surface area contributed by atoms with Crippen molar-refractivity contribution in [1.82, 2.24) is 14.2 Å². The van der Waals surface area contributed by atoms with Crippen molar-refractivity contribution >= 4 is 54.3 Å². The van der Waals surface area contributed by atoms with Gasteiger partial charge < -0.3 is 20.1 Å². The summed E-state index contributed by atoms with van der Waals surface area (Å²) in [7, 11) is 2.05. The molecule has 2 aliphatic heterocycles. The molecule has 2 bridgehead atoms. The van der Waals surface area contributed by atoms with E-state index in [1.54, 1.807) is 17.5 Å². The third kappa shape index (κ3) is 6.70. The zero-order valence-corrected chi connectivity index (χ0v) is 23.8. The van der Waals surface area contributed by atoms with Crippen molar-refractivity contribution in [3.63, 3.8) is 0 Å². The highest BCUT2D eigenvalue weighted by molar-refractivity contribution is 7.89. The number of halogens is 4. The number of nitrogens with zero attached hydrogens (tertiary/aromatic N) is 3. The highest BCUT2D eigenvalue weighted by Gasteiger charge is 2.48. The van der Waals surface area contributed by atoms with Crippen molar-refractivity contribution < 1.29 is 36.2 Å². The second kappa shape index (κ2) is 12.2. The minimum Gasteiger partial charge on any atom is -0.475 e. The first-order valence-electron chi connectivity index (χ1n) is 12.1. The monoisotopic (exact) mass is 600 g/mol. The molecule has 9 nitrogen and oxygen atoms in total. The number of piperidine rings is 1. The number of benzene rings is 1. The fourth-order valence-electron chi connectivity index (χ4n) is 4.94. The molecule has 38 heavy (non-hydrogen) atoms. The summed E-state index contributed by atoms with van der Waals surface area (Å²) in [5.41, 5.74) is 0.464. The van der Waals surface area contributed by atoms with E-state index in [1.165, 1.54) is 11.3 Å². The summed E-state index contributed by atoms with van der Waals surface area (Å²) in [5, 5.41) is 11.5. The molecular formula is C23H32ClF3N4O5S2. The van der Waals surface area contributed by atoms with Crippen molar-refractivity contribution in [2.24, 2.45) is 0 Å². The van der Waals surface area contributed by atoms with Crippen molar-refractivity contribution in [1.29, 1.82) is 0 Å². The average Bonchev–Trinajstić information content (AvgIpc) is 3.36. The first-order valence-corrected chi connectivity index (χ1v) is 14.7.